The van der Waals surface area contributed by atoms with Crippen molar-refractivity contribution in [3.05, 3.63) is 29.1 Å². The topological polar surface area (TPSA) is 38.1 Å². The number of nitrogens with one attached hydrogen (secondary N) is 1. The maximum absolute atomic E-state index is 5.88. The number of aromatic nitrogens is 1. The maximum Gasteiger partial charge on any atom is 0.152 e. The Balaban J connectivity index is 1.76. The average molecular weight is 249 g/mol. The Morgan fingerprint density at radius 1 is 1.35 bits per heavy atom. The van der Waals surface area contributed by atoms with E-state index in [2.05, 4.69) is 10.3 Å². The van der Waals surface area contributed by atoms with E-state index in [1.54, 1.807) is 6.07 Å². The highest BCUT2D eigenvalue weighted by atomic mass is 35.5. The minimum atomic E-state index is 0.377. The highest BCUT2D eigenvalue weighted by Gasteiger charge is 2.41. The lowest BCUT2D eigenvalue weighted by Crippen LogP contribution is -2.28. The van der Waals surface area contributed by atoms with Gasteiger partial charge in [0.05, 0.1) is 6.04 Å². The minimum Gasteiger partial charge on any atom is -0.458 e. The molecule has 1 saturated carbocycles. The van der Waals surface area contributed by atoms with Crippen LogP contribution in [0.25, 0.3) is 11.1 Å². The fourth-order valence-electron chi connectivity index (χ4n) is 3.25. The van der Waals surface area contributed by atoms with E-state index in [4.69, 9.17) is 16.0 Å². The first kappa shape index (κ1) is 9.92. The number of furan rings is 1. The molecule has 0 aromatic carbocycles. The molecule has 1 saturated heterocycles. The van der Waals surface area contributed by atoms with Crippen LogP contribution in [-0.4, -0.2) is 11.0 Å². The predicted molar refractivity (Wildman–Crippen MR) is 66.0 cm³/mol. The van der Waals surface area contributed by atoms with Gasteiger partial charge in [0.2, 0.25) is 0 Å². The number of hydrogen-bond donors (Lipinski definition) is 1. The number of halogens is 1. The Morgan fingerprint density at radius 2 is 2.29 bits per heavy atom. The van der Waals surface area contributed by atoms with Gasteiger partial charge in [0.1, 0.15) is 16.4 Å². The summed E-state index contributed by atoms with van der Waals surface area (Å²) in [5, 5.41) is 4.15. The van der Waals surface area contributed by atoms with Crippen molar-refractivity contribution < 1.29 is 4.42 Å². The summed E-state index contributed by atoms with van der Waals surface area (Å²) in [6.07, 6.45) is 3.91. The van der Waals surface area contributed by atoms with E-state index >= 15 is 0 Å². The van der Waals surface area contributed by atoms with Gasteiger partial charge in [-0.2, -0.15) is 0 Å². The monoisotopic (exact) mass is 248 g/mol. The van der Waals surface area contributed by atoms with Crippen LogP contribution >= 0.6 is 11.6 Å². The van der Waals surface area contributed by atoms with E-state index in [9.17, 15) is 0 Å². The molecule has 3 atom stereocenters. The van der Waals surface area contributed by atoms with Crippen LogP contribution < -0.4 is 5.32 Å². The molecule has 4 rings (SSSR count). The summed E-state index contributed by atoms with van der Waals surface area (Å²) in [5.74, 6) is 1.75. The summed E-state index contributed by atoms with van der Waals surface area (Å²) in [4.78, 5) is 4.27. The zero-order valence-electron chi connectivity index (χ0n) is 9.32. The predicted octanol–water partition coefficient (Wildman–Crippen LogP) is 3.29. The fraction of sp³-hybridized carbons (Fsp3) is 0.462. The zero-order chi connectivity index (χ0) is 11.4. The molecule has 3 nitrogen and oxygen atoms in total. The van der Waals surface area contributed by atoms with E-state index in [1.165, 1.54) is 19.3 Å². The number of nitrogens with zero attached hydrogens (tertiary/aromatic N) is 1. The van der Waals surface area contributed by atoms with Crippen molar-refractivity contribution in [2.45, 2.75) is 31.3 Å². The number of fused-ring (bicyclic) bond motifs is 3. The van der Waals surface area contributed by atoms with Gasteiger partial charge in [-0.25, -0.2) is 4.98 Å². The van der Waals surface area contributed by atoms with E-state index in [1.807, 2.05) is 12.1 Å². The highest BCUT2D eigenvalue weighted by molar-refractivity contribution is 6.29. The molecule has 2 unspecified atom stereocenters. The van der Waals surface area contributed by atoms with Crippen LogP contribution in [0.2, 0.25) is 5.15 Å². The summed E-state index contributed by atoms with van der Waals surface area (Å²) in [7, 11) is 0. The molecule has 1 aliphatic carbocycles. The van der Waals surface area contributed by atoms with Gasteiger partial charge in [0.15, 0.2) is 5.58 Å². The number of pyridine rings is 1. The number of rotatable bonds is 1. The molecule has 1 aliphatic heterocycles. The molecule has 2 bridgehead atoms. The molecule has 2 fully saturated rings. The minimum absolute atomic E-state index is 0.377. The van der Waals surface area contributed by atoms with Crippen molar-refractivity contribution in [3.63, 3.8) is 0 Å². The molecular weight excluding hydrogens is 236 g/mol. The lowest BCUT2D eigenvalue weighted by atomic mass is 9.98. The Morgan fingerprint density at radius 3 is 3.06 bits per heavy atom. The van der Waals surface area contributed by atoms with Crippen molar-refractivity contribution in [2.75, 3.05) is 0 Å². The van der Waals surface area contributed by atoms with Crippen LogP contribution in [0.5, 0.6) is 0 Å². The molecule has 4 heteroatoms. The summed E-state index contributed by atoms with van der Waals surface area (Å²) < 4.78 is 5.88. The van der Waals surface area contributed by atoms with Gasteiger partial charge < -0.3 is 9.73 Å². The Hall–Kier alpha value is -1.06. The molecule has 0 spiro atoms. The van der Waals surface area contributed by atoms with Crippen LogP contribution in [0.4, 0.5) is 0 Å². The van der Waals surface area contributed by atoms with Gasteiger partial charge in [-0.15, -0.1) is 0 Å². The molecule has 0 amide bonds. The first-order valence-corrected chi connectivity index (χ1v) is 6.49. The van der Waals surface area contributed by atoms with Crippen LogP contribution in [0.15, 0.2) is 22.6 Å². The quantitative estimate of drug-likeness (QED) is 0.787. The maximum atomic E-state index is 5.88. The second kappa shape index (κ2) is 3.47. The van der Waals surface area contributed by atoms with Crippen molar-refractivity contribution in [3.8, 4) is 0 Å². The van der Waals surface area contributed by atoms with Crippen LogP contribution in [0, 0.1) is 5.92 Å². The molecule has 1 N–H and O–H groups in total. The summed E-state index contributed by atoms with van der Waals surface area (Å²) in [6, 6.07) is 6.75. The summed E-state index contributed by atoms with van der Waals surface area (Å²) >= 11 is 5.88. The first-order valence-electron chi connectivity index (χ1n) is 6.11. The second-order valence-electron chi connectivity index (χ2n) is 5.08. The zero-order valence-corrected chi connectivity index (χ0v) is 10.1. The third-order valence-corrected chi connectivity index (χ3v) is 4.24. The standard InChI is InChI=1S/C13H13ClN2O/c14-12-4-3-10-9(16-12)6-11(17-10)13-7-1-2-8(5-7)15-13/h3-4,6-8,13,15H,1-2,5H2/t7?,8?,13-/m0/s1. The Labute approximate surface area is 104 Å². The van der Waals surface area contributed by atoms with E-state index in [-0.39, 0.29) is 0 Å². The molecular formula is C13H13ClN2O. The largest absolute Gasteiger partial charge is 0.458 e. The Kier molecular flexibility index (Phi) is 2.02. The molecule has 2 aromatic rings. The highest BCUT2D eigenvalue weighted by Crippen LogP contribution is 2.44. The second-order valence-corrected chi connectivity index (χ2v) is 5.47. The van der Waals surface area contributed by atoms with Gasteiger partial charge >= 0.3 is 0 Å². The van der Waals surface area contributed by atoms with Crippen LogP contribution in [0.3, 0.4) is 0 Å². The van der Waals surface area contributed by atoms with Gasteiger partial charge in [0.25, 0.3) is 0 Å². The third-order valence-electron chi connectivity index (χ3n) is 4.03. The SMILES string of the molecule is Clc1ccc2oc([C@H]3NC4CCC3C4)cc2n1. The van der Waals surface area contributed by atoms with Crippen LogP contribution in [0.1, 0.15) is 31.1 Å². The van der Waals surface area contributed by atoms with Crippen molar-refractivity contribution in [1.29, 1.82) is 0 Å². The summed E-state index contributed by atoms with van der Waals surface area (Å²) in [6.45, 7) is 0. The van der Waals surface area contributed by atoms with Crippen molar-refractivity contribution in [2.24, 2.45) is 5.92 Å². The fourth-order valence-corrected chi connectivity index (χ4v) is 3.40. The number of hydrogen-bond acceptors (Lipinski definition) is 3. The van der Waals surface area contributed by atoms with E-state index < -0.39 is 0 Å². The van der Waals surface area contributed by atoms with Crippen molar-refractivity contribution >= 4 is 22.7 Å². The van der Waals surface area contributed by atoms with E-state index in [0.29, 0.717) is 17.2 Å². The molecule has 0 radical (unpaired) electrons. The molecule has 2 aliphatic rings. The van der Waals surface area contributed by atoms with E-state index in [0.717, 1.165) is 22.8 Å². The van der Waals surface area contributed by atoms with Gasteiger partial charge in [0, 0.05) is 12.1 Å². The third kappa shape index (κ3) is 1.49. The molecule has 3 heterocycles. The first-order chi connectivity index (χ1) is 8.29. The number of piperidine rings is 1. The van der Waals surface area contributed by atoms with Gasteiger partial charge in [-0.3, -0.25) is 0 Å². The lowest BCUT2D eigenvalue weighted by Gasteiger charge is -2.20. The smallest absolute Gasteiger partial charge is 0.152 e. The van der Waals surface area contributed by atoms with Crippen LogP contribution in [-0.2, 0) is 0 Å². The lowest BCUT2D eigenvalue weighted by molar-refractivity contribution is 0.340. The Bertz CT molecular complexity index is 580. The van der Waals surface area contributed by atoms with Gasteiger partial charge in [-0.05, 0) is 37.3 Å². The molecule has 2 aromatic heterocycles. The average Bonchev–Trinajstić information content (AvgIpc) is 3.01. The van der Waals surface area contributed by atoms with Crippen molar-refractivity contribution in [1.82, 2.24) is 10.3 Å². The normalized spacial score (nSPS) is 31.5. The molecule has 88 valence electrons. The molecule has 17 heavy (non-hydrogen) atoms. The van der Waals surface area contributed by atoms with Gasteiger partial charge in [-0.1, -0.05) is 11.6 Å². The summed E-state index contributed by atoms with van der Waals surface area (Å²) in [5.41, 5.74) is 1.69.